The quantitative estimate of drug-likeness (QED) is 0.914. The van der Waals surface area contributed by atoms with E-state index in [1.54, 1.807) is 18.3 Å². The number of nitrogens with zero attached hydrogens (tertiary/aromatic N) is 2. The highest BCUT2D eigenvalue weighted by molar-refractivity contribution is 5.97. The molecule has 1 N–H and O–H groups in total. The SMILES string of the molecule is CCOc1ncccc1C(=O)NC1(C#N)CCCCC1. The first-order chi connectivity index (χ1) is 9.71. The van der Waals surface area contributed by atoms with E-state index in [0.717, 1.165) is 19.3 Å². The molecule has 5 nitrogen and oxygen atoms in total. The summed E-state index contributed by atoms with van der Waals surface area (Å²) in [5, 5.41) is 12.3. The van der Waals surface area contributed by atoms with Crippen LogP contribution in [0.4, 0.5) is 0 Å². The van der Waals surface area contributed by atoms with Crippen LogP contribution < -0.4 is 10.1 Å². The molecule has 0 saturated heterocycles. The van der Waals surface area contributed by atoms with Crippen molar-refractivity contribution in [1.29, 1.82) is 5.26 Å². The summed E-state index contributed by atoms with van der Waals surface area (Å²) < 4.78 is 5.36. The summed E-state index contributed by atoms with van der Waals surface area (Å²) in [6.45, 7) is 2.29. The molecular formula is C15H19N3O2. The van der Waals surface area contributed by atoms with Gasteiger partial charge in [0.05, 0.1) is 12.7 Å². The van der Waals surface area contributed by atoms with E-state index >= 15 is 0 Å². The van der Waals surface area contributed by atoms with Crippen LogP contribution in [-0.4, -0.2) is 23.0 Å². The molecule has 0 aromatic carbocycles. The van der Waals surface area contributed by atoms with Gasteiger partial charge < -0.3 is 10.1 Å². The Morgan fingerprint density at radius 2 is 2.25 bits per heavy atom. The van der Waals surface area contributed by atoms with Gasteiger partial charge in [-0.15, -0.1) is 0 Å². The molecule has 0 atom stereocenters. The lowest BCUT2D eigenvalue weighted by molar-refractivity contribution is 0.0898. The number of pyridine rings is 1. The average molecular weight is 273 g/mol. The van der Waals surface area contributed by atoms with E-state index in [-0.39, 0.29) is 5.91 Å². The van der Waals surface area contributed by atoms with E-state index in [1.165, 1.54) is 0 Å². The summed E-state index contributed by atoms with van der Waals surface area (Å²) in [5.41, 5.74) is -0.358. The van der Waals surface area contributed by atoms with Gasteiger partial charge in [0, 0.05) is 6.20 Å². The van der Waals surface area contributed by atoms with Gasteiger partial charge in [-0.1, -0.05) is 19.3 Å². The predicted octanol–water partition coefficient (Wildman–Crippen LogP) is 2.44. The molecule has 2 rings (SSSR count). The highest BCUT2D eigenvalue weighted by Crippen LogP contribution is 2.28. The van der Waals surface area contributed by atoms with Crippen molar-refractivity contribution in [3.63, 3.8) is 0 Å². The Morgan fingerprint density at radius 3 is 2.90 bits per heavy atom. The van der Waals surface area contributed by atoms with Crippen molar-refractivity contribution in [3.8, 4) is 11.9 Å². The molecule has 106 valence electrons. The summed E-state index contributed by atoms with van der Waals surface area (Å²) >= 11 is 0. The molecule has 1 aromatic heterocycles. The number of aromatic nitrogens is 1. The number of ether oxygens (including phenoxy) is 1. The number of carbonyl (C=O) groups excluding carboxylic acids is 1. The molecule has 20 heavy (non-hydrogen) atoms. The molecule has 0 spiro atoms. The second kappa shape index (κ2) is 6.38. The first kappa shape index (κ1) is 14.3. The predicted molar refractivity (Wildman–Crippen MR) is 74.3 cm³/mol. The van der Waals surface area contributed by atoms with E-state index in [1.807, 2.05) is 6.92 Å². The number of hydrogen-bond acceptors (Lipinski definition) is 4. The molecule has 1 aliphatic rings. The number of carbonyl (C=O) groups is 1. The molecule has 0 radical (unpaired) electrons. The molecule has 1 heterocycles. The van der Waals surface area contributed by atoms with E-state index in [4.69, 9.17) is 4.74 Å². The molecule has 1 aromatic rings. The molecule has 5 heteroatoms. The molecule has 0 unspecified atom stereocenters. The summed E-state index contributed by atoms with van der Waals surface area (Å²) in [6, 6.07) is 5.64. The second-order valence-corrected chi connectivity index (χ2v) is 5.00. The number of rotatable bonds is 4. The summed E-state index contributed by atoms with van der Waals surface area (Å²) in [5.74, 6) is 0.0291. The summed E-state index contributed by atoms with van der Waals surface area (Å²) in [4.78, 5) is 16.5. The normalized spacial score (nSPS) is 17.0. The standard InChI is InChI=1S/C15H19N3O2/c1-2-20-14-12(7-6-10-17-14)13(19)18-15(11-16)8-4-3-5-9-15/h6-7,10H,2-5,8-9H2,1H3,(H,18,19). The van der Waals surface area contributed by atoms with Gasteiger partial charge in [-0.3, -0.25) is 4.79 Å². The van der Waals surface area contributed by atoms with Crippen LogP contribution in [0.1, 0.15) is 49.4 Å². The highest BCUT2D eigenvalue weighted by atomic mass is 16.5. The van der Waals surface area contributed by atoms with E-state index in [9.17, 15) is 10.1 Å². The summed E-state index contributed by atoms with van der Waals surface area (Å²) in [6.07, 6.45) is 6.07. The minimum absolute atomic E-state index is 0.287. The van der Waals surface area contributed by atoms with Gasteiger partial charge >= 0.3 is 0 Å². The van der Waals surface area contributed by atoms with Gasteiger partial charge in [0.25, 0.3) is 5.91 Å². The second-order valence-electron chi connectivity index (χ2n) is 5.00. The Bertz CT molecular complexity index is 516. The number of nitriles is 1. The highest BCUT2D eigenvalue weighted by Gasteiger charge is 2.34. The van der Waals surface area contributed by atoms with E-state index in [0.29, 0.717) is 30.9 Å². The van der Waals surface area contributed by atoms with Crippen molar-refractivity contribution >= 4 is 5.91 Å². The van der Waals surface area contributed by atoms with Gasteiger partial charge in [0.1, 0.15) is 11.1 Å². The Morgan fingerprint density at radius 1 is 1.50 bits per heavy atom. The van der Waals surface area contributed by atoms with Crippen molar-refractivity contribution in [2.24, 2.45) is 0 Å². The lowest BCUT2D eigenvalue weighted by atomic mass is 9.82. The maximum atomic E-state index is 12.4. The lowest BCUT2D eigenvalue weighted by Gasteiger charge is -2.31. The smallest absolute Gasteiger partial charge is 0.258 e. The third-order valence-electron chi connectivity index (χ3n) is 3.57. The molecule has 0 aliphatic heterocycles. The fraction of sp³-hybridized carbons (Fsp3) is 0.533. The third kappa shape index (κ3) is 3.08. The number of hydrogen-bond donors (Lipinski definition) is 1. The third-order valence-corrected chi connectivity index (χ3v) is 3.57. The molecule has 1 aliphatic carbocycles. The maximum absolute atomic E-state index is 12.4. The van der Waals surface area contributed by atoms with Gasteiger partial charge in [-0.2, -0.15) is 5.26 Å². The largest absolute Gasteiger partial charge is 0.477 e. The van der Waals surface area contributed by atoms with Crippen LogP contribution in [-0.2, 0) is 0 Å². The zero-order chi connectivity index (χ0) is 14.4. The number of nitrogens with one attached hydrogen (secondary N) is 1. The zero-order valence-electron chi connectivity index (χ0n) is 11.7. The van der Waals surface area contributed by atoms with Crippen LogP contribution in [0.15, 0.2) is 18.3 Å². The van der Waals surface area contributed by atoms with E-state index < -0.39 is 5.54 Å². The minimum Gasteiger partial charge on any atom is -0.477 e. The minimum atomic E-state index is -0.741. The lowest BCUT2D eigenvalue weighted by Crippen LogP contribution is -2.48. The first-order valence-electron chi connectivity index (χ1n) is 7.02. The van der Waals surface area contributed by atoms with Crippen LogP contribution in [0.5, 0.6) is 5.88 Å². The maximum Gasteiger partial charge on any atom is 0.258 e. The van der Waals surface area contributed by atoms with E-state index in [2.05, 4.69) is 16.4 Å². The Hall–Kier alpha value is -2.09. The van der Waals surface area contributed by atoms with Crippen molar-refractivity contribution in [1.82, 2.24) is 10.3 Å². The molecular weight excluding hydrogens is 254 g/mol. The van der Waals surface area contributed by atoms with Crippen LogP contribution in [0, 0.1) is 11.3 Å². The van der Waals surface area contributed by atoms with Gasteiger partial charge in [-0.05, 0) is 31.9 Å². The summed E-state index contributed by atoms with van der Waals surface area (Å²) in [7, 11) is 0. The fourth-order valence-electron chi connectivity index (χ4n) is 2.52. The van der Waals surface area contributed by atoms with Crippen molar-refractivity contribution < 1.29 is 9.53 Å². The van der Waals surface area contributed by atoms with Crippen LogP contribution >= 0.6 is 0 Å². The Kier molecular flexibility index (Phi) is 4.57. The van der Waals surface area contributed by atoms with Crippen molar-refractivity contribution in [2.75, 3.05) is 6.61 Å². The molecule has 1 saturated carbocycles. The van der Waals surface area contributed by atoms with Crippen LogP contribution in [0.2, 0.25) is 0 Å². The van der Waals surface area contributed by atoms with Gasteiger partial charge in [0.15, 0.2) is 0 Å². The van der Waals surface area contributed by atoms with Crippen molar-refractivity contribution in [2.45, 2.75) is 44.6 Å². The fourth-order valence-corrected chi connectivity index (χ4v) is 2.52. The zero-order valence-corrected chi connectivity index (χ0v) is 11.7. The Labute approximate surface area is 119 Å². The number of amides is 1. The molecule has 1 amide bonds. The molecule has 1 fully saturated rings. The average Bonchev–Trinajstić information content (AvgIpc) is 2.49. The monoisotopic (exact) mass is 273 g/mol. The van der Waals surface area contributed by atoms with Gasteiger partial charge in [0.2, 0.25) is 5.88 Å². The van der Waals surface area contributed by atoms with Gasteiger partial charge in [-0.25, -0.2) is 4.98 Å². The topological polar surface area (TPSA) is 75.0 Å². The van der Waals surface area contributed by atoms with Crippen molar-refractivity contribution in [3.05, 3.63) is 23.9 Å². The Balaban J connectivity index is 2.17. The first-order valence-corrected chi connectivity index (χ1v) is 7.02. The van der Waals surface area contributed by atoms with Crippen LogP contribution in [0.3, 0.4) is 0 Å². The van der Waals surface area contributed by atoms with Crippen LogP contribution in [0.25, 0.3) is 0 Å². The molecule has 0 bridgehead atoms.